The summed E-state index contributed by atoms with van der Waals surface area (Å²) in [5, 5.41) is 0. The minimum absolute atomic E-state index is 0.308. The van der Waals surface area contributed by atoms with Gasteiger partial charge in [0.2, 0.25) is 0 Å². The Labute approximate surface area is 133 Å². The van der Waals surface area contributed by atoms with Crippen molar-refractivity contribution in [1.82, 2.24) is 0 Å². The maximum atomic E-state index is 11.4. The van der Waals surface area contributed by atoms with Gasteiger partial charge >= 0.3 is 35.8 Å². The Morgan fingerprint density at radius 2 is 1.14 bits per heavy atom. The van der Waals surface area contributed by atoms with Crippen LogP contribution in [0.3, 0.4) is 0 Å². The van der Waals surface area contributed by atoms with Gasteiger partial charge in [0.15, 0.2) is 0 Å². The summed E-state index contributed by atoms with van der Waals surface area (Å²) in [6, 6.07) is 0. The Hall–Kier alpha value is 0.548. The van der Waals surface area contributed by atoms with Crippen LogP contribution >= 0.6 is 7.82 Å². The van der Waals surface area contributed by atoms with Crippen molar-refractivity contribution in [3.63, 3.8) is 0 Å². The zero-order valence-corrected chi connectivity index (χ0v) is 15.8. The number of hydrogen-bond acceptors (Lipinski definition) is 6. The molecule has 0 aromatic rings. The van der Waals surface area contributed by atoms with Gasteiger partial charge in [0.05, 0.1) is 13.2 Å². The van der Waals surface area contributed by atoms with Crippen LogP contribution in [-0.4, -0.2) is 46.1 Å². The van der Waals surface area contributed by atoms with Crippen LogP contribution in [0, 0.1) is 0 Å². The Balaban J connectivity index is 0. The summed E-state index contributed by atoms with van der Waals surface area (Å²) in [6.07, 6.45) is 8.26. The number of rotatable bonds is 12. The second-order valence-electron chi connectivity index (χ2n) is 4.52. The molecule has 0 heterocycles. The van der Waals surface area contributed by atoms with Gasteiger partial charge in [0.1, 0.15) is 0 Å². The second kappa shape index (κ2) is 16.9. The monoisotopic (exact) mass is 392 g/mol. The Kier molecular flexibility index (Phi) is 19.2. The van der Waals surface area contributed by atoms with Crippen molar-refractivity contribution >= 4 is 23.5 Å². The van der Waals surface area contributed by atoms with Gasteiger partial charge in [0, 0.05) is 0 Å². The molecule has 0 saturated heterocycles. The van der Waals surface area contributed by atoms with Crippen molar-refractivity contribution in [3.8, 4) is 0 Å². The average molecular weight is 392 g/mol. The molecule has 0 aliphatic carbocycles. The van der Waals surface area contributed by atoms with Crippen molar-refractivity contribution in [1.29, 1.82) is 0 Å². The molecule has 0 unspecified atom stereocenters. The molecule has 0 atom stereocenters. The summed E-state index contributed by atoms with van der Waals surface area (Å²) in [6.45, 7) is 4.86. The molecule has 9 heteroatoms. The molecule has 4 N–H and O–H groups in total. The first-order chi connectivity index (χ1) is 9.85. The summed E-state index contributed by atoms with van der Waals surface area (Å²) in [7, 11) is -3.79. The minimum atomic E-state index is -3.79. The predicted octanol–water partition coefficient (Wildman–Crippen LogP) is 2.23. The van der Waals surface area contributed by atoms with E-state index in [-0.39, 0.29) is 0 Å². The quantitative estimate of drug-likeness (QED) is 0.229. The van der Waals surface area contributed by atoms with E-state index >= 15 is 0 Å². The molecule has 0 bridgehead atoms. The third-order valence-electron chi connectivity index (χ3n) is 2.50. The van der Waals surface area contributed by atoms with Crippen LogP contribution < -0.4 is 0 Å². The molecular formula is C12H30AsO7P. The van der Waals surface area contributed by atoms with Crippen LogP contribution in [0.1, 0.15) is 65.2 Å². The zero-order chi connectivity index (χ0) is 16.6. The predicted molar refractivity (Wildman–Crippen MR) is 82.4 cm³/mol. The molecule has 0 aromatic heterocycles. The first kappa shape index (κ1) is 23.8. The van der Waals surface area contributed by atoms with Crippen molar-refractivity contribution in [2.75, 3.05) is 13.2 Å². The van der Waals surface area contributed by atoms with Gasteiger partial charge in [-0.05, 0) is 12.8 Å². The van der Waals surface area contributed by atoms with E-state index in [1.165, 1.54) is 0 Å². The van der Waals surface area contributed by atoms with E-state index in [1.807, 2.05) is 0 Å². The Morgan fingerprint density at radius 3 is 1.43 bits per heavy atom. The van der Waals surface area contributed by atoms with Gasteiger partial charge in [-0.1, -0.05) is 52.4 Å². The number of hydrogen-bond donors (Lipinski definition) is 4. The Bertz CT molecular complexity index is 233. The van der Waals surface area contributed by atoms with Gasteiger partial charge in [-0.3, -0.25) is 9.05 Å². The van der Waals surface area contributed by atoms with E-state index in [2.05, 4.69) is 13.8 Å². The van der Waals surface area contributed by atoms with Gasteiger partial charge in [-0.2, -0.15) is 0 Å². The third kappa shape index (κ3) is 25.8. The zero-order valence-electron chi connectivity index (χ0n) is 13.0. The molecule has 0 aliphatic heterocycles. The fourth-order valence-electron chi connectivity index (χ4n) is 1.45. The van der Waals surface area contributed by atoms with Crippen LogP contribution in [0.25, 0.3) is 0 Å². The molecule has 21 heavy (non-hydrogen) atoms. The van der Waals surface area contributed by atoms with Gasteiger partial charge in [-0.25, -0.2) is 4.57 Å². The van der Waals surface area contributed by atoms with Crippen LogP contribution in [0.5, 0.6) is 0 Å². The molecule has 7 nitrogen and oxygen atoms in total. The van der Waals surface area contributed by atoms with E-state index < -0.39 is 23.5 Å². The molecule has 0 fully saturated rings. The molecule has 0 saturated carbocycles. The summed E-state index contributed by atoms with van der Waals surface area (Å²) in [5.41, 5.74) is 0. The van der Waals surface area contributed by atoms with Crippen LogP contribution in [0.4, 0.5) is 0 Å². The van der Waals surface area contributed by atoms with E-state index in [0.29, 0.717) is 13.2 Å². The summed E-state index contributed by atoms with van der Waals surface area (Å²) in [4.78, 5) is 9.34. The Morgan fingerprint density at radius 1 is 0.810 bits per heavy atom. The topological polar surface area (TPSA) is 116 Å². The molecule has 0 radical (unpaired) electrons. The average Bonchev–Trinajstić information content (AvgIpc) is 2.37. The molecule has 130 valence electrons. The number of phosphoric acid groups is 1. The first-order valence-corrected chi connectivity index (χ1v) is 11.4. The fourth-order valence-corrected chi connectivity index (χ4v) is 2.25. The second-order valence-corrected chi connectivity index (χ2v) is 7.10. The van der Waals surface area contributed by atoms with Gasteiger partial charge in [-0.15, -0.1) is 0 Å². The van der Waals surface area contributed by atoms with E-state index in [9.17, 15) is 9.46 Å². The summed E-state index contributed by atoms with van der Waals surface area (Å²) in [5.74, 6) is 0. The van der Waals surface area contributed by atoms with Crippen LogP contribution in [0.15, 0.2) is 0 Å². The van der Waals surface area contributed by atoms with E-state index in [0.717, 1.165) is 51.4 Å². The SMILES string of the molecule is CCCCCCOP(=O)(O)OCCCCCC.O[As](O)O. The fraction of sp³-hybridized carbons (Fsp3) is 1.00. The molecular weight excluding hydrogens is 362 g/mol. The van der Waals surface area contributed by atoms with E-state index in [4.69, 9.17) is 21.3 Å². The third-order valence-corrected chi connectivity index (χ3v) is 3.52. The van der Waals surface area contributed by atoms with Gasteiger partial charge in [0.25, 0.3) is 0 Å². The molecule has 0 amide bonds. The van der Waals surface area contributed by atoms with Crippen LogP contribution in [0.2, 0.25) is 0 Å². The van der Waals surface area contributed by atoms with Crippen molar-refractivity contribution in [2.45, 2.75) is 65.2 Å². The van der Waals surface area contributed by atoms with E-state index in [1.54, 1.807) is 0 Å². The summed E-state index contributed by atoms with van der Waals surface area (Å²) < 4.78 is 43.1. The molecule has 0 rings (SSSR count). The van der Waals surface area contributed by atoms with Crippen LogP contribution in [-0.2, 0) is 13.6 Å². The van der Waals surface area contributed by atoms with Crippen molar-refractivity contribution in [2.24, 2.45) is 0 Å². The van der Waals surface area contributed by atoms with Gasteiger partial charge < -0.3 is 4.89 Å². The van der Waals surface area contributed by atoms with Crippen molar-refractivity contribution < 1.29 is 30.8 Å². The van der Waals surface area contributed by atoms with Crippen molar-refractivity contribution in [3.05, 3.63) is 0 Å². The standard InChI is InChI=1S/C12H27O4P.AsH3O3/c1-3-5-7-9-11-15-17(13,14)16-12-10-8-6-4-2;2-1(3)4/h3-12H2,1-2H3,(H,13,14);2-4H. The maximum absolute atomic E-state index is 11.4. The number of phosphoric ester groups is 1. The molecule has 0 aromatic carbocycles. The molecule has 0 spiro atoms. The molecule has 0 aliphatic rings. The summed E-state index contributed by atoms with van der Waals surface area (Å²) >= 11 is -3.19. The number of unbranched alkanes of at least 4 members (excludes halogenated alkanes) is 6. The normalized spacial score (nSPS) is 11.4. The first-order valence-electron chi connectivity index (χ1n) is 7.34.